The van der Waals surface area contributed by atoms with Gasteiger partial charge in [0.05, 0.1) is 27.4 Å². The highest BCUT2D eigenvalue weighted by atomic mass is 32.2. The molecule has 0 saturated carbocycles. The van der Waals surface area contributed by atoms with Gasteiger partial charge in [0.1, 0.15) is 6.54 Å². The Hall–Kier alpha value is -4.46. The Bertz CT molecular complexity index is 1370. The van der Waals surface area contributed by atoms with Crippen LogP contribution in [0.3, 0.4) is 0 Å². The fourth-order valence-electron chi connectivity index (χ4n) is 4.10. The van der Waals surface area contributed by atoms with Crippen LogP contribution in [0.2, 0.25) is 0 Å². The Morgan fingerprint density at radius 3 is 2.38 bits per heavy atom. The maximum Gasteiger partial charge on any atom is 0.318 e. The molecule has 2 heterocycles. The predicted octanol–water partition coefficient (Wildman–Crippen LogP) is 4.74. The fraction of sp³-hybridized carbons (Fsp3) is 0.320. The molecule has 0 aromatic heterocycles. The Morgan fingerprint density at radius 2 is 1.72 bits per heavy atom. The van der Waals surface area contributed by atoms with E-state index in [0.717, 1.165) is 54.1 Å². The normalized spacial score (nSPS) is 16.5. The van der Waals surface area contributed by atoms with E-state index in [-0.39, 0.29) is 41.2 Å². The molecule has 39 heavy (non-hydrogen) atoms. The minimum Gasteiger partial charge on any atom is -0.490 e. The van der Waals surface area contributed by atoms with E-state index in [4.69, 9.17) is 9.47 Å². The summed E-state index contributed by atoms with van der Waals surface area (Å²) in [7, 11) is 0. The van der Waals surface area contributed by atoms with Crippen LogP contribution in [0.15, 0.2) is 41.3 Å². The number of nitro benzene ring substituents is 2. The number of thioether (sulfide) groups is 1. The third-order valence-electron chi connectivity index (χ3n) is 6.01. The highest BCUT2D eigenvalue weighted by molar-refractivity contribution is 8.18. The first-order valence-electron chi connectivity index (χ1n) is 12.1. The molecule has 0 bridgehead atoms. The van der Waals surface area contributed by atoms with Gasteiger partial charge in [-0.2, -0.15) is 0 Å². The average molecular weight is 557 g/mol. The number of hydrogen-bond donors (Lipinski definition) is 0. The van der Waals surface area contributed by atoms with Crippen molar-refractivity contribution in [3.05, 3.63) is 67.1 Å². The second kappa shape index (κ2) is 11.9. The quantitative estimate of drug-likeness (QED) is 0.239. The van der Waals surface area contributed by atoms with Gasteiger partial charge in [0.2, 0.25) is 11.7 Å². The molecule has 2 fully saturated rings. The van der Waals surface area contributed by atoms with Gasteiger partial charge in [0.15, 0.2) is 11.5 Å². The van der Waals surface area contributed by atoms with Gasteiger partial charge in [0, 0.05) is 19.2 Å². The molecule has 14 heteroatoms. The average Bonchev–Trinajstić information content (AvgIpc) is 3.17. The summed E-state index contributed by atoms with van der Waals surface area (Å²) >= 11 is 0.726. The first-order valence-corrected chi connectivity index (χ1v) is 12.9. The van der Waals surface area contributed by atoms with Crippen molar-refractivity contribution in [1.29, 1.82) is 0 Å². The Morgan fingerprint density at radius 1 is 1.00 bits per heavy atom. The van der Waals surface area contributed by atoms with Crippen LogP contribution in [0.5, 0.6) is 17.2 Å². The summed E-state index contributed by atoms with van der Waals surface area (Å²) in [6, 6.07) is 7.57. The van der Waals surface area contributed by atoms with Crippen LogP contribution >= 0.6 is 11.8 Å². The van der Waals surface area contributed by atoms with Crippen LogP contribution < -0.4 is 9.47 Å². The number of carbonyl (C=O) groups is 3. The lowest BCUT2D eigenvalue weighted by Crippen LogP contribution is -2.44. The van der Waals surface area contributed by atoms with Crippen molar-refractivity contribution in [1.82, 2.24) is 9.80 Å². The van der Waals surface area contributed by atoms with E-state index in [2.05, 4.69) is 0 Å². The van der Waals surface area contributed by atoms with E-state index in [0.29, 0.717) is 18.7 Å². The number of hydrogen-bond acceptors (Lipinski definition) is 10. The number of imide groups is 1. The first-order chi connectivity index (χ1) is 18.7. The van der Waals surface area contributed by atoms with Crippen molar-refractivity contribution >= 4 is 46.3 Å². The molecule has 0 spiro atoms. The van der Waals surface area contributed by atoms with Gasteiger partial charge in [-0.25, -0.2) is 0 Å². The van der Waals surface area contributed by atoms with E-state index in [9.17, 15) is 34.6 Å². The number of ether oxygens (including phenoxy) is 2. The number of benzene rings is 2. The van der Waals surface area contributed by atoms with Gasteiger partial charge in [-0.1, -0.05) is 6.07 Å². The lowest BCUT2D eigenvalue weighted by Gasteiger charge is -2.27. The summed E-state index contributed by atoms with van der Waals surface area (Å²) in [5.74, 6) is -0.766. The van der Waals surface area contributed by atoms with Gasteiger partial charge in [-0.15, -0.1) is 0 Å². The van der Waals surface area contributed by atoms with Crippen LogP contribution in [-0.4, -0.2) is 62.9 Å². The minimum absolute atomic E-state index is 0.103. The van der Waals surface area contributed by atoms with Gasteiger partial charge in [-0.05, 0) is 67.8 Å². The first kappa shape index (κ1) is 27.6. The molecule has 204 valence electrons. The zero-order valence-electron chi connectivity index (χ0n) is 20.9. The molecule has 3 amide bonds. The van der Waals surface area contributed by atoms with E-state index >= 15 is 0 Å². The third kappa shape index (κ3) is 6.34. The lowest BCUT2D eigenvalue weighted by atomic mass is 10.1. The van der Waals surface area contributed by atoms with Gasteiger partial charge in [0.25, 0.3) is 16.8 Å². The van der Waals surface area contributed by atoms with Crippen molar-refractivity contribution < 1.29 is 33.7 Å². The van der Waals surface area contributed by atoms with Crippen LogP contribution in [0.25, 0.3) is 6.08 Å². The number of amides is 3. The van der Waals surface area contributed by atoms with E-state index in [1.807, 2.05) is 0 Å². The van der Waals surface area contributed by atoms with Gasteiger partial charge >= 0.3 is 5.69 Å². The minimum atomic E-state index is -0.789. The SMILES string of the molecule is CCOc1cc(/C=C2\SC(=O)N(CC(=O)N3CCCCC3)C2=O)ccc1Oc1ccc([N+](=O)[O-])cc1[N+](=O)[O-]. The number of likely N-dealkylation sites (tertiary alicyclic amines) is 1. The second-order valence-corrected chi connectivity index (χ2v) is 9.61. The molecule has 0 N–H and O–H groups in total. The maximum absolute atomic E-state index is 12.9. The molecule has 13 nitrogen and oxygen atoms in total. The van der Waals surface area contributed by atoms with Gasteiger partial charge < -0.3 is 14.4 Å². The maximum atomic E-state index is 12.9. The van der Waals surface area contributed by atoms with Crippen molar-refractivity contribution in [2.75, 3.05) is 26.2 Å². The third-order valence-corrected chi connectivity index (χ3v) is 6.92. The monoisotopic (exact) mass is 556 g/mol. The molecule has 2 aliphatic heterocycles. The van der Waals surface area contributed by atoms with Crippen molar-refractivity contribution in [3.8, 4) is 17.2 Å². The number of nitrogens with zero attached hydrogens (tertiary/aromatic N) is 4. The molecule has 2 saturated heterocycles. The molecule has 0 aliphatic carbocycles. The Kier molecular flexibility index (Phi) is 8.44. The topological polar surface area (TPSA) is 162 Å². The van der Waals surface area contributed by atoms with Crippen LogP contribution in [0.4, 0.5) is 16.2 Å². The van der Waals surface area contributed by atoms with Crippen molar-refractivity contribution in [2.24, 2.45) is 0 Å². The summed E-state index contributed by atoms with van der Waals surface area (Å²) in [4.78, 5) is 61.6. The molecular formula is C25H24N4O9S. The van der Waals surface area contributed by atoms with E-state index in [1.54, 1.807) is 17.9 Å². The van der Waals surface area contributed by atoms with E-state index < -0.39 is 32.4 Å². The highest BCUT2D eigenvalue weighted by Gasteiger charge is 2.37. The smallest absolute Gasteiger partial charge is 0.318 e. The van der Waals surface area contributed by atoms with Crippen molar-refractivity contribution in [3.63, 3.8) is 0 Å². The highest BCUT2D eigenvalue weighted by Crippen LogP contribution is 2.39. The van der Waals surface area contributed by atoms with Crippen LogP contribution in [-0.2, 0) is 9.59 Å². The second-order valence-electron chi connectivity index (χ2n) is 8.62. The van der Waals surface area contributed by atoms with Crippen LogP contribution in [0.1, 0.15) is 31.7 Å². The number of non-ortho nitro benzene ring substituents is 1. The number of carbonyl (C=O) groups excluding carboxylic acids is 3. The van der Waals surface area contributed by atoms with Crippen molar-refractivity contribution in [2.45, 2.75) is 26.2 Å². The molecular weight excluding hydrogens is 532 g/mol. The molecule has 0 atom stereocenters. The molecule has 2 aromatic carbocycles. The zero-order valence-corrected chi connectivity index (χ0v) is 21.7. The Labute approximate surface area is 226 Å². The summed E-state index contributed by atoms with van der Waals surface area (Å²) < 4.78 is 11.3. The van der Waals surface area contributed by atoms with Crippen LogP contribution in [0, 0.1) is 20.2 Å². The molecule has 0 unspecified atom stereocenters. The Balaban J connectivity index is 1.55. The number of piperidine rings is 1. The number of nitro groups is 2. The standard InChI is InChI=1S/C25H24N4O9S/c1-2-37-21-12-16(6-8-20(21)38-19-9-7-17(28(33)34)14-18(19)29(35)36)13-22-24(31)27(25(32)39-22)15-23(30)26-10-4-3-5-11-26/h6-9,12-14H,2-5,10-11,15H2,1H3/b22-13-. The van der Waals surface area contributed by atoms with E-state index in [1.165, 1.54) is 18.2 Å². The number of rotatable bonds is 9. The predicted molar refractivity (Wildman–Crippen MR) is 141 cm³/mol. The molecule has 0 radical (unpaired) electrons. The summed E-state index contributed by atoms with van der Waals surface area (Å²) in [6.07, 6.45) is 4.32. The fourth-order valence-corrected chi connectivity index (χ4v) is 4.94. The zero-order chi connectivity index (χ0) is 28.1. The lowest BCUT2D eigenvalue weighted by molar-refractivity contribution is -0.394. The summed E-state index contributed by atoms with van der Waals surface area (Å²) in [5, 5.41) is 21.9. The summed E-state index contributed by atoms with van der Waals surface area (Å²) in [5.41, 5.74) is -0.568. The summed E-state index contributed by atoms with van der Waals surface area (Å²) in [6.45, 7) is 2.85. The largest absolute Gasteiger partial charge is 0.490 e. The molecule has 4 rings (SSSR count). The molecule has 2 aliphatic rings. The van der Waals surface area contributed by atoms with Gasteiger partial charge in [-0.3, -0.25) is 39.5 Å². The molecule has 2 aromatic rings.